The van der Waals surface area contributed by atoms with E-state index in [-0.39, 0.29) is 30.5 Å². The van der Waals surface area contributed by atoms with Crippen LogP contribution in [0.15, 0.2) is 4.99 Å². The summed E-state index contributed by atoms with van der Waals surface area (Å²) in [5.74, 6) is -0.166. The van der Waals surface area contributed by atoms with Gasteiger partial charge >= 0.3 is 5.97 Å². The van der Waals surface area contributed by atoms with Gasteiger partial charge in [-0.15, -0.1) is 0 Å². The Bertz CT molecular complexity index is 423. The lowest BCUT2D eigenvalue weighted by molar-refractivity contribution is -0.150. The molecule has 0 aromatic carbocycles. The standard InChI is InChI=1S/C17H31N3O3/c1-13-10-8-6-4-5-7-9-11-15(21)19-17(18)20(3)12-16(22)23-14(13)2/h13-14H,4-12H2,1-3H3,(H2,18,19,21). The van der Waals surface area contributed by atoms with Gasteiger partial charge in [0, 0.05) is 13.5 Å². The zero-order chi connectivity index (χ0) is 17.2. The summed E-state index contributed by atoms with van der Waals surface area (Å²) in [6, 6.07) is 0. The number of nitrogens with two attached hydrogens (primary N) is 1. The van der Waals surface area contributed by atoms with E-state index in [0.717, 1.165) is 32.1 Å². The van der Waals surface area contributed by atoms with E-state index in [1.807, 2.05) is 6.92 Å². The van der Waals surface area contributed by atoms with Gasteiger partial charge in [-0.3, -0.25) is 9.59 Å². The maximum absolute atomic E-state index is 12.0. The van der Waals surface area contributed by atoms with E-state index in [9.17, 15) is 9.59 Å². The third-order valence-electron chi connectivity index (χ3n) is 4.42. The number of guanidine groups is 1. The van der Waals surface area contributed by atoms with Crippen LogP contribution in [0.25, 0.3) is 0 Å². The van der Waals surface area contributed by atoms with Gasteiger partial charge in [-0.05, 0) is 25.7 Å². The van der Waals surface area contributed by atoms with Crippen LogP contribution in [0.4, 0.5) is 0 Å². The van der Waals surface area contributed by atoms with Gasteiger partial charge < -0.3 is 15.4 Å². The molecule has 1 rings (SSSR count). The second-order valence-corrected chi connectivity index (χ2v) is 6.55. The lowest BCUT2D eigenvalue weighted by atomic mass is 9.97. The van der Waals surface area contributed by atoms with Crippen molar-refractivity contribution in [2.24, 2.45) is 16.6 Å². The fourth-order valence-electron chi connectivity index (χ4n) is 2.59. The quantitative estimate of drug-likeness (QED) is 0.692. The van der Waals surface area contributed by atoms with Crippen molar-refractivity contribution < 1.29 is 14.3 Å². The molecule has 6 heteroatoms. The van der Waals surface area contributed by atoms with Crippen molar-refractivity contribution in [1.82, 2.24) is 4.90 Å². The molecule has 1 aliphatic heterocycles. The molecule has 1 aliphatic rings. The van der Waals surface area contributed by atoms with Gasteiger partial charge in [-0.25, -0.2) is 0 Å². The second kappa shape index (κ2) is 10.2. The summed E-state index contributed by atoms with van der Waals surface area (Å²) in [4.78, 5) is 29.0. The first kappa shape index (κ1) is 19.5. The Labute approximate surface area is 139 Å². The van der Waals surface area contributed by atoms with Gasteiger partial charge in [0.25, 0.3) is 0 Å². The molecule has 132 valence electrons. The Hall–Kier alpha value is -1.59. The van der Waals surface area contributed by atoms with Crippen molar-refractivity contribution >= 4 is 17.8 Å². The fourth-order valence-corrected chi connectivity index (χ4v) is 2.59. The van der Waals surface area contributed by atoms with Gasteiger partial charge in [0.1, 0.15) is 12.6 Å². The van der Waals surface area contributed by atoms with Gasteiger partial charge in [0.2, 0.25) is 5.91 Å². The van der Waals surface area contributed by atoms with Crippen LogP contribution in [-0.4, -0.2) is 42.4 Å². The van der Waals surface area contributed by atoms with Gasteiger partial charge in [-0.1, -0.05) is 39.0 Å². The van der Waals surface area contributed by atoms with E-state index in [4.69, 9.17) is 10.5 Å². The molecule has 2 atom stereocenters. The topological polar surface area (TPSA) is 85.0 Å². The van der Waals surface area contributed by atoms with E-state index in [1.165, 1.54) is 17.7 Å². The molecule has 6 nitrogen and oxygen atoms in total. The number of esters is 1. The number of aliphatic imine (C=N–C) groups is 1. The molecule has 0 aliphatic carbocycles. The first-order valence-corrected chi connectivity index (χ1v) is 8.67. The van der Waals surface area contributed by atoms with Crippen molar-refractivity contribution in [3.8, 4) is 0 Å². The highest BCUT2D eigenvalue weighted by molar-refractivity contribution is 5.93. The van der Waals surface area contributed by atoms with Gasteiger partial charge in [0.05, 0.1) is 0 Å². The van der Waals surface area contributed by atoms with E-state index in [2.05, 4.69) is 11.9 Å². The predicted molar refractivity (Wildman–Crippen MR) is 90.9 cm³/mol. The summed E-state index contributed by atoms with van der Waals surface area (Å²) in [5, 5.41) is 0. The minimum Gasteiger partial charge on any atom is -0.461 e. The van der Waals surface area contributed by atoms with E-state index >= 15 is 0 Å². The summed E-state index contributed by atoms with van der Waals surface area (Å²) in [6.07, 6.45) is 7.91. The van der Waals surface area contributed by atoms with Crippen molar-refractivity contribution in [3.63, 3.8) is 0 Å². The Morgan fingerprint density at radius 3 is 2.39 bits per heavy atom. The Kier molecular flexibility index (Phi) is 8.66. The largest absolute Gasteiger partial charge is 0.461 e. The number of rotatable bonds is 0. The number of hydrogen-bond donors (Lipinski definition) is 1. The molecule has 23 heavy (non-hydrogen) atoms. The minimum atomic E-state index is -0.346. The zero-order valence-corrected chi connectivity index (χ0v) is 14.7. The lowest BCUT2D eigenvalue weighted by Crippen LogP contribution is -2.40. The van der Waals surface area contributed by atoms with Crippen molar-refractivity contribution in [1.29, 1.82) is 0 Å². The second-order valence-electron chi connectivity index (χ2n) is 6.55. The molecule has 1 amide bonds. The monoisotopic (exact) mass is 325 g/mol. The first-order valence-electron chi connectivity index (χ1n) is 8.67. The Balaban J connectivity index is 2.67. The molecule has 0 aromatic heterocycles. The maximum atomic E-state index is 12.0. The molecule has 0 radical (unpaired) electrons. The van der Waals surface area contributed by atoms with Crippen LogP contribution in [0.3, 0.4) is 0 Å². The van der Waals surface area contributed by atoms with Crippen molar-refractivity contribution in [2.75, 3.05) is 13.6 Å². The normalized spacial score (nSPS) is 27.1. The van der Waals surface area contributed by atoms with Crippen molar-refractivity contribution in [2.45, 2.75) is 71.3 Å². The molecule has 0 bridgehead atoms. The average Bonchev–Trinajstić information content (AvgIpc) is 2.48. The number of ether oxygens (including phenoxy) is 1. The molecule has 2 N–H and O–H groups in total. The summed E-state index contributed by atoms with van der Waals surface area (Å²) >= 11 is 0. The molecule has 1 heterocycles. The number of carbonyl (C=O) groups excluding carboxylic acids is 2. The van der Waals surface area contributed by atoms with Crippen LogP contribution < -0.4 is 5.73 Å². The molecule has 2 unspecified atom stereocenters. The average molecular weight is 325 g/mol. The highest BCUT2D eigenvalue weighted by atomic mass is 16.5. The first-order chi connectivity index (χ1) is 10.9. The highest BCUT2D eigenvalue weighted by Gasteiger charge is 2.18. The van der Waals surface area contributed by atoms with E-state index in [0.29, 0.717) is 12.3 Å². The third kappa shape index (κ3) is 8.00. The number of carbonyl (C=O) groups is 2. The van der Waals surface area contributed by atoms with Crippen LogP contribution in [-0.2, 0) is 14.3 Å². The SMILES string of the molecule is CC1CCCCCCCCC(=O)N=C(N)N(C)CC(=O)OC1C. The molecule has 0 fully saturated rings. The van der Waals surface area contributed by atoms with Crippen LogP contribution in [0.2, 0.25) is 0 Å². The molecule has 0 aromatic rings. The highest BCUT2D eigenvalue weighted by Crippen LogP contribution is 2.17. The summed E-state index contributed by atoms with van der Waals surface area (Å²) in [7, 11) is 1.63. The van der Waals surface area contributed by atoms with E-state index in [1.54, 1.807) is 7.05 Å². The van der Waals surface area contributed by atoms with Gasteiger partial charge in [-0.2, -0.15) is 4.99 Å². The molecular formula is C17H31N3O3. The van der Waals surface area contributed by atoms with Gasteiger partial charge in [0.15, 0.2) is 5.96 Å². The lowest BCUT2D eigenvalue weighted by Gasteiger charge is -2.22. The zero-order valence-electron chi connectivity index (χ0n) is 14.7. The number of cyclic esters (lactones) is 1. The fraction of sp³-hybridized carbons (Fsp3) is 0.824. The molecular weight excluding hydrogens is 294 g/mol. The summed E-state index contributed by atoms with van der Waals surface area (Å²) in [6.45, 7) is 4.04. The predicted octanol–water partition coefficient (Wildman–Crippen LogP) is 2.46. The maximum Gasteiger partial charge on any atom is 0.325 e. The minimum absolute atomic E-state index is 0.000324. The van der Waals surface area contributed by atoms with Crippen LogP contribution in [0.5, 0.6) is 0 Å². The van der Waals surface area contributed by atoms with E-state index < -0.39 is 0 Å². The third-order valence-corrected chi connectivity index (χ3v) is 4.42. The Morgan fingerprint density at radius 2 is 1.70 bits per heavy atom. The summed E-state index contributed by atoms with van der Waals surface area (Å²) in [5.41, 5.74) is 5.77. The van der Waals surface area contributed by atoms with Crippen LogP contribution >= 0.6 is 0 Å². The number of amides is 1. The molecule has 0 saturated heterocycles. The summed E-state index contributed by atoms with van der Waals surface area (Å²) < 4.78 is 5.46. The number of likely N-dealkylation sites (N-methyl/N-ethyl adjacent to an activating group) is 1. The molecule has 0 spiro atoms. The van der Waals surface area contributed by atoms with Crippen LogP contribution in [0, 0.1) is 5.92 Å². The number of nitrogens with zero attached hydrogens (tertiary/aromatic N) is 2. The number of hydrogen-bond acceptors (Lipinski definition) is 5. The van der Waals surface area contributed by atoms with Crippen LogP contribution in [0.1, 0.15) is 65.2 Å². The molecule has 0 saturated carbocycles. The van der Waals surface area contributed by atoms with Crippen molar-refractivity contribution in [3.05, 3.63) is 0 Å². The Morgan fingerprint density at radius 1 is 1.09 bits per heavy atom. The smallest absolute Gasteiger partial charge is 0.325 e.